The second-order valence-electron chi connectivity index (χ2n) is 9.51. The maximum absolute atomic E-state index is 6.99. The summed E-state index contributed by atoms with van der Waals surface area (Å²) in [5.41, 5.74) is 3.29. The lowest BCUT2D eigenvalue weighted by molar-refractivity contribution is -1.14. The molecule has 30 heavy (non-hydrogen) atoms. The van der Waals surface area contributed by atoms with Crippen LogP contribution in [0.25, 0.3) is 0 Å². The molecule has 0 aliphatic carbocycles. The van der Waals surface area contributed by atoms with Crippen molar-refractivity contribution in [2.24, 2.45) is 11.8 Å². The van der Waals surface area contributed by atoms with Crippen molar-refractivity contribution in [2.45, 2.75) is 66.5 Å². The summed E-state index contributed by atoms with van der Waals surface area (Å²) in [4.78, 5) is 6.37. The largest absolute Gasteiger partial charge is 0.433 e. The number of nitrogens with zero attached hydrogens (tertiary/aromatic N) is 1. The Kier molecular flexibility index (Phi) is 8.52. The number of para-hydroxylation sites is 1. The van der Waals surface area contributed by atoms with Crippen LogP contribution in [0.2, 0.25) is 0 Å². The molecular weight excluding hydrogens is 370 g/mol. The first-order valence-electron chi connectivity index (χ1n) is 11.5. The Balaban J connectivity index is 2.81. The summed E-state index contributed by atoms with van der Waals surface area (Å²) in [5, 5.41) is 0. The molecule has 3 heteroatoms. The van der Waals surface area contributed by atoms with Crippen molar-refractivity contribution < 1.29 is 14.2 Å². The molecule has 1 unspecified atom stereocenters. The molecule has 0 aromatic heterocycles. The molecule has 0 heterocycles. The van der Waals surface area contributed by atoms with E-state index >= 15 is 0 Å². The van der Waals surface area contributed by atoms with E-state index in [4.69, 9.17) is 9.57 Å². The van der Waals surface area contributed by atoms with Gasteiger partial charge in [0, 0.05) is 0 Å². The van der Waals surface area contributed by atoms with Gasteiger partial charge in [0.05, 0.1) is 12.0 Å². The maximum Gasteiger partial charge on any atom is 0.299 e. The molecule has 0 N–H and O–H groups in total. The minimum Gasteiger partial charge on any atom is -0.433 e. The van der Waals surface area contributed by atoms with Gasteiger partial charge in [-0.2, -0.15) is 0 Å². The van der Waals surface area contributed by atoms with E-state index in [1.165, 1.54) is 16.7 Å². The molecule has 2 aromatic carbocycles. The first kappa shape index (κ1) is 24.4. The van der Waals surface area contributed by atoms with Gasteiger partial charge in [-0.25, -0.2) is 4.84 Å². The van der Waals surface area contributed by atoms with Crippen LogP contribution in [-0.4, -0.2) is 25.3 Å². The van der Waals surface area contributed by atoms with E-state index in [-0.39, 0.29) is 0 Å². The van der Waals surface area contributed by atoms with Gasteiger partial charge >= 0.3 is 0 Å². The molecule has 0 fully saturated rings. The number of benzene rings is 2. The van der Waals surface area contributed by atoms with E-state index in [0.29, 0.717) is 23.1 Å². The molecule has 0 aliphatic rings. The monoisotopic (exact) mass is 412 g/mol. The van der Waals surface area contributed by atoms with E-state index in [0.717, 1.165) is 25.0 Å². The lowest BCUT2D eigenvalue weighted by Crippen LogP contribution is -2.61. The van der Waals surface area contributed by atoms with Gasteiger partial charge in [-0.1, -0.05) is 65.0 Å². The van der Waals surface area contributed by atoms with Crippen LogP contribution >= 0.6 is 0 Å². The molecule has 0 aliphatic heterocycles. The average Bonchev–Trinajstić information content (AvgIpc) is 2.67. The third-order valence-electron chi connectivity index (χ3n) is 5.67. The second-order valence-corrected chi connectivity index (χ2v) is 9.51. The van der Waals surface area contributed by atoms with Crippen LogP contribution in [0.4, 0.5) is 0 Å². The van der Waals surface area contributed by atoms with Crippen molar-refractivity contribution in [3.8, 4) is 5.75 Å². The van der Waals surface area contributed by atoms with Gasteiger partial charge in [0.25, 0.3) is 5.72 Å². The second kappa shape index (κ2) is 10.5. The van der Waals surface area contributed by atoms with E-state index in [1.807, 2.05) is 30.3 Å². The molecule has 2 aromatic rings. The Morgan fingerprint density at radius 2 is 1.57 bits per heavy atom. The summed E-state index contributed by atoms with van der Waals surface area (Å²) in [6.45, 7) is 14.0. The highest BCUT2D eigenvalue weighted by Crippen LogP contribution is 2.43. The molecule has 0 saturated carbocycles. The predicted molar refractivity (Wildman–Crippen MR) is 126 cm³/mol. The number of hydrogen-bond donors (Lipinski definition) is 0. The van der Waals surface area contributed by atoms with Gasteiger partial charge < -0.3 is 4.74 Å². The third kappa shape index (κ3) is 5.65. The average molecular weight is 413 g/mol. The van der Waals surface area contributed by atoms with Gasteiger partial charge in [0.2, 0.25) is 0 Å². The van der Waals surface area contributed by atoms with Crippen LogP contribution in [-0.2, 0) is 23.4 Å². The number of hydrogen-bond acceptors (Lipinski definition) is 2. The minimum absolute atomic E-state index is 0.314. The third-order valence-corrected chi connectivity index (χ3v) is 5.67. The highest BCUT2D eigenvalue weighted by molar-refractivity contribution is 5.37. The number of quaternary nitrogens is 1. The summed E-state index contributed by atoms with van der Waals surface area (Å²) in [6, 6.07) is 17.1. The Labute approximate surface area is 184 Å². The van der Waals surface area contributed by atoms with E-state index < -0.39 is 5.72 Å². The SMILES string of the molecule is CCO[N+](C)(C)C(CC(C)C)(Oc1ccccc1)c1cc(CC)ccc1CC(C)C. The van der Waals surface area contributed by atoms with Crippen LogP contribution in [0.5, 0.6) is 5.75 Å². The molecule has 166 valence electrons. The lowest BCUT2D eigenvalue weighted by atomic mass is 9.84. The maximum atomic E-state index is 6.99. The van der Waals surface area contributed by atoms with E-state index in [2.05, 4.69) is 73.8 Å². The van der Waals surface area contributed by atoms with Crippen LogP contribution < -0.4 is 4.74 Å². The zero-order valence-electron chi connectivity index (χ0n) is 20.4. The zero-order valence-corrected chi connectivity index (χ0v) is 20.4. The van der Waals surface area contributed by atoms with Crippen molar-refractivity contribution in [3.63, 3.8) is 0 Å². The van der Waals surface area contributed by atoms with Crippen LogP contribution in [0.1, 0.15) is 64.7 Å². The highest BCUT2D eigenvalue weighted by atomic mass is 16.8. The quantitative estimate of drug-likeness (QED) is 0.231. The van der Waals surface area contributed by atoms with Gasteiger partial charge in [0.15, 0.2) is 0 Å². The fraction of sp³-hybridized carbons (Fsp3) is 0.556. The molecule has 3 nitrogen and oxygen atoms in total. The van der Waals surface area contributed by atoms with Gasteiger partial charge in [-0.15, -0.1) is 4.65 Å². The van der Waals surface area contributed by atoms with Crippen molar-refractivity contribution >= 4 is 0 Å². The van der Waals surface area contributed by atoms with Crippen LogP contribution in [0.3, 0.4) is 0 Å². The van der Waals surface area contributed by atoms with Crippen molar-refractivity contribution in [2.75, 3.05) is 20.7 Å². The Morgan fingerprint density at radius 3 is 2.10 bits per heavy atom. The fourth-order valence-corrected chi connectivity index (χ4v) is 4.32. The van der Waals surface area contributed by atoms with Crippen LogP contribution in [0, 0.1) is 11.8 Å². The summed E-state index contributed by atoms with van der Waals surface area (Å²) in [7, 11) is 4.26. The van der Waals surface area contributed by atoms with E-state index in [1.54, 1.807) is 0 Å². The number of ether oxygens (including phenoxy) is 1. The fourth-order valence-electron chi connectivity index (χ4n) is 4.32. The first-order chi connectivity index (χ1) is 14.1. The van der Waals surface area contributed by atoms with Crippen molar-refractivity contribution in [1.29, 1.82) is 0 Å². The minimum atomic E-state index is -0.652. The highest BCUT2D eigenvalue weighted by Gasteiger charge is 2.53. The summed E-state index contributed by atoms with van der Waals surface area (Å²) < 4.78 is 7.30. The standard InChI is InChI=1S/C27H42NO2/c1-9-23-16-17-24(18-21(3)4)26(19-23)27(20-22(5)6,28(7,8)29-10-2)30-25-14-12-11-13-15-25/h11-17,19,21-22H,9-10,18,20H2,1-8H3/q+1. The Bertz CT molecular complexity index is 783. The lowest BCUT2D eigenvalue weighted by Gasteiger charge is -2.47. The number of aryl methyl sites for hydroxylation is 1. The smallest absolute Gasteiger partial charge is 0.299 e. The molecular formula is C27H42NO2+. The molecule has 1 atom stereocenters. The normalized spacial score (nSPS) is 14.2. The Hall–Kier alpha value is -1.84. The van der Waals surface area contributed by atoms with Crippen molar-refractivity contribution in [1.82, 2.24) is 0 Å². The predicted octanol–water partition coefficient (Wildman–Crippen LogP) is 6.75. The van der Waals surface area contributed by atoms with Gasteiger partial charge in [-0.3, -0.25) is 0 Å². The molecule has 0 saturated heterocycles. The van der Waals surface area contributed by atoms with E-state index in [9.17, 15) is 0 Å². The zero-order chi connectivity index (χ0) is 22.4. The topological polar surface area (TPSA) is 18.5 Å². The molecule has 0 radical (unpaired) electrons. The van der Waals surface area contributed by atoms with Crippen molar-refractivity contribution in [3.05, 3.63) is 65.2 Å². The van der Waals surface area contributed by atoms with Crippen LogP contribution in [0.15, 0.2) is 48.5 Å². The number of hydroxylamine groups is 3. The Morgan fingerprint density at radius 1 is 0.900 bits per heavy atom. The van der Waals surface area contributed by atoms with Gasteiger partial charge in [-0.05, 0) is 60.9 Å². The first-order valence-corrected chi connectivity index (χ1v) is 11.5. The van der Waals surface area contributed by atoms with Gasteiger partial charge in [0.1, 0.15) is 26.5 Å². The summed E-state index contributed by atoms with van der Waals surface area (Å²) >= 11 is 0. The number of rotatable bonds is 11. The molecule has 0 amide bonds. The molecule has 2 rings (SSSR count). The summed E-state index contributed by atoms with van der Waals surface area (Å²) in [5.74, 6) is 1.87. The summed E-state index contributed by atoms with van der Waals surface area (Å²) in [6.07, 6.45) is 2.87. The molecule has 0 bridgehead atoms. The molecule has 0 spiro atoms.